The molecule has 0 spiro atoms. The van der Waals surface area contributed by atoms with Crippen molar-refractivity contribution in [3.05, 3.63) is 51.7 Å². The van der Waals surface area contributed by atoms with Gasteiger partial charge in [-0.05, 0) is 35.2 Å². The fourth-order valence-electron chi connectivity index (χ4n) is 1.26. The third kappa shape index (κ3) is 3.73. The van der Waals surface area contributed by atoms with Gasteiger partial charge in [-0.15, -0.1) is 0 Å². The van der Waals surface area contributed by atoms with Crippen LogP contribution in [0.25, 0.3) is 16.5 Å². The predicted octanol–water partition coefficient (Wildman–Crippen LogP) is 3.03. The Morgan fingerprint density at radius 1 is 1.50 bits per heavy atom. The first kappa shape index (κ1) is 12.2. The summed E-state index contributed by atoms with van der Waals surface area (Å²) in [5.74, 6) is -0.365. The lowest BCUT2D eigenvalue weighted by molar-refractivity contribution is 0.281. The Kier molecular flexibility index (Phi) is 5.05. The molecule has 0 aliphatic rings. The van der Waals surface area contributed by atoms with Crippen LogP contribution >= 0.6 is 0 Å². The smallest absolute Gasteiger partial charge is 0.123 e. The molecule has 0 saturated carbocycles. The molecule has 0 fully saturated rings. The molecular weight excluding hydrogens is 209 g/mol. The summed E-state index contributed by atoms with van der Waals surface area (Å²) in [4.78, 5) is 2.63. The van der Waals surface area contributed by atoms with Gasteiger partial charge in [-0.3, -0.25) is 0 Å². The standard InChI is InChI=1S/C11H12FN3O/c12-11-5-4-9(10(7-11)8-16)3-1-2-6-14-15-13/h1,3-5,7,16H,2,6,8H2. The highest BCUT2D eigenvalue weighted by atomic mass is 19.1. The van der Waals surface area contributed by atoms with E-state index in [9.17, 15) is 4.39 Å². The Hall–Kier alpha value is -1.84. The van der Waals surface area contributed by atoms with E-state index in [0.717, 1.165) is 5.56 Å². The normalized spacial score (nSPS) is 10.4. The van der Waals surface area contributed by atoms with Gasteiger partial charge in [0.2, 0.25) is 0 Å². The molecule has 0 radical (unpaired) electrons. The highest BCUT2D eigenvalue weighted by Gasteiger charge is 1.99. The molecule has 1 aromatic rings. The molecule has 4 nitrogen and oxygen atoms in total. The average Bonchev–Trinajstić information content (AvgIpc) is 2.30. The average molecular weight is 221 g/mol. The van der Waals surface area contributed by atoms with Gasteiger partial charge in [0.05, 0.1) is 6.61 Å². The molecule has 0 saturated heterocycles. The number of aliphatic hydroxyl groups excluding tert-OH is 1. The number of hydrogen-bond donors (Lipinski definition) is 1. The van der Waals surface area contributed by atoms with Gasteiger partial charge in [0.1, 0.15) is 5.82 Å². The zero-order valence-electron chi connectivity index (χ0n) is 8.67. The van der Waals surface area contributed by atoms with E-state index in [0.29, 0.717) is 18.5 Å². The van der Waals surface area contributed by atoms with E-state index in [1.807, 2.05) is 6.08 Å². The van der Waals surface area contributed by atoms with Crippen molar-refractivity contribution in [3.63, 3.8) is 0 Å². The first-order valence-corrected chi connectivity index (χ1v) is 4.84. The molecule has 0 bridgehead atoms. The molecule has 0 unspecified atom stereocenters. The molecule has 1 aromatic carbocycles. The molecule has 0 amide bonds. The van der Waals surface area contributed by atoms with Crippen LogP contribution in [0, 0.1) is 5.82 Å². The van der Waals surface area contributed by atoms with Crippen LogP contribution in [0.4, 0.5) is 4.39 Å². The van der Waals surface area contributed by atoms with Crippen LogP contribution < -0.4 is 0 Å². The fourth-order valence-corrected chi connectivity index (χ4v) is 1.26. The second-order valence-electron chi connectivity index (χ2n) is 3.15. The van der Waals surface area contributed by atoms with Gasteiger partial charge in [-0.25, -0.2) is 4.39 Å². The summed E-state index contributed by atoms with van der Waals surface area (Å²) >= 11 is 0. The Balaban J connectivity index is 2.68. The minimum Gasteiger partial charge on any atom is -0.392 e. The minimum atomic E-state index is -0.365. The van der Waals surface area contributed by atoms with Crippen LogP contribution in [-0.2, 0) is 6.61 Å². The van der Waals surface area contributed by atoms with Crippen LogP contribution in [0.2, 0.25) is 0 Å². The van der Waals surface area contributed by atoms with Gasteiger partial charge in [-0.1, -0.05) is 23.3 Å². The Morgan fingerprint density at radius 2 is 2.31 bits per heavy atom. The summed E-state index contributed by atoms with van der Waals surface area (Å²) in [6.45, 7) is 0.191. The molecule has 16 heavy (non-hydrogen) atoms. The van der Waals surface area contributed by atoms with E-state index in [-0.39, 0.29) is 12.4 Å². The van der Waals surface area contributed by atoms with E-state index in [1.165, 1.54) is 12.1 Å². The van der Waals surface area contributed by atoms with Crippen molar-refractivity contribution in [2.24, 2.45) is 5.11 Å². The first-order chi connectivity index (χ1) is 7.77. The highest BCUT2D eigenvalue weighted by Crippen LogP contribution is 2.13. The monoisotopic (exact) mass is 221 g/mol. The Bertz CT molecular complexity index is 425. The minimum absolute atomic E-state index is 0.201. The lowest BCUT2D eigenvalue weighted by Gasteiger charge is -2.02. The van der Waals surface area contributed by atoms with Gasteiger partial charge in [0.15, 0.2) is 0 Å². The van der Waals surface area contributed by atoms with E-state index >= 15 is 0 Å². The zero-order valence-corrected chi connectivity index (χ0v) is 8.67. The van der Waals surface area contributed by atoms with Crippen molar-refractivity contribution in [2.45, 2.75) is 13.0 Å². The number of benzene rings is 1. The second kappa shape index (κ2) is 6.61. The van der Waals surface area contributed by atoms with Crippen LogP contribution in [-0.4, -0.2) is 11.7 Å². The summed E-state index contributed by atoms with van der Waals surface area (Å²) in [6, 6.07) is 4.24. The topological polar surface area (TPSA) is 69.0 Å². The van der Waals surface area contributed by atoms with Crippen molar-refractivity contribution in [3.8, 4) is 0 Å². The SMILES string of the molecule is [N-]=[N+]=NCCC=Cc1ccc(F)cc1CO. The summed E-state index contributed by atoms with van der Waals surface area (Å²) < 4.78 is 12.8. The molecule has 84 valence electrons. The first-order valence-electron chi connectivity index (χ1n) is 4.84. The zero-order chi connectivity index (χ0) is 11.8. The van der Waals surface area contributed by atoms with Crippen molar-refractivity contribution in [1.82, 2.24) is 0 Å². The molecule has 0 aliphatic heterocycles. The lowest BCUT2D eigenvalue weighted by Crippen LogP contribution is -1.89. The van der Waals surface area contributed by atoms with Gasteiger partial charge < -0.3 is 5.11 Å². The van der Waals surface area contributed by atoms with E-state index in [2.05, 4.69) is 10.0 Å². The summed E-state index contributed by atoms with van der Waals surface area (Å²) in [5.41, 5.74) is 9.36. The molecular formula is C11H12FN3O. The van der Waals surface area contributed by atoms with Crippen molar-refractivity contribution >= 4 is 6.08 Å². The van der Waals surface area contributed by atoms with Crippen molar-refractivity contribution in [1.29, 1.82) is 0 Å². The third-order valence-electron chi connectivity index (χ3n) is 2.03. The molecule has 0 aromatic heterocycles. The third-order valence-corrected chi connectivity index (χ3v) is 2.03. The Labute approximate surface area is 92.7 Å². The molecule has 1 N–H and O–H groups in total. The maximum absolute atomic E-state index is 12.8. The fraction of sp³-hybridized carbons (Fsp3) is 0.273. The largest absolute Gasteiger partial charge is 0.392 e. The van der Waals surface area contributed by atoms with Crippen LogP contribution in [0.15, 0.2) is 29.4 Å². The summed E-state index contributed by atoms with van der Waals surface area (Å²) in [6.07, 6.45) is 4.21. The van der Waals surface area contributed by atoms with E-state index < -0.39 is 0 Å². The molecule has 0 atom stereocenters. The number of aliphatic hydroxyl groups is 1. The lowest BCUT2D eigenvalue weighted by atomic mass is 10.1. The Morgan fingerprint density at radius 3 is 3.00 bits per heavy atom. The highest BCUT2D eigenvalue weighted by molar-refractivity contribution is 5.53. The van der Waals surface area contributed by atoms with Gasteiger partial charge in [-0.2, -0.15) is 0 Å². The van der Waals surface area contributed by atoms with Crippen molar-refractivity contribution in [2.75, 3.05) is 6.54 Å². The molecule has 5 heteroatoms. The summed E-state index contributed by atoms with van der Waals surface area (Å²) in [7, 11) is 0. The van der Waals surface area contributed by atoms with Gasteiger partial charge in [0, 0.05) is 11.5 Å². The van der Waals surface area contributed by atoms with Crippen molar-refractivity contribution < 1.29 is 9.50 Å². The number of nitrogens with zero attached hydrogens (tertiary/aromatic N) is 3. The van der Waals surface area contributed by atoms with Crippen LogP contribution in [0.3, 0.4) is 0 Å². The molecule has 1 rings (SSSR count). The number of halogens is 1. The number of hydrogen-bond acceptors (Lipinski definition) is 2. The van der Waals surface area contributed by atoms with Gasteiger partial charge >= 0.3 is 0 Å². The molecule has 0 heterocycles. The van der Waals surface area contributed by atoms with Crippen LogP contribution in [0.5, 0.6) is 0 Å². The summed E-state index contributed by atoms with van der Waals surface area (Å²) in [5, 5.41) is 12.4. The molecule has 0 aliphatic carbocycles. The predicted molar refractivity (Wildman–Crippen MR) is 60.0 cm³/mol. The quantitative estimate of drug-likeness (QED) is 0.353. The number of rotatable bonds is 5. The van der Waals surface area contributed by atoms with E-state index in [4.69, 9.17) is 10.6 Å². The maximum atomic E-state index is 12.8. The number of azide groups is 1. The van der Waals surface area contributed by atoms with Gasteiger partial charge in [0.25, 0.3) is 0 Å². The van der Waals surface area contributed by atoms with Crippen LogP contribution in [0.1, 0.15) is 17.5 Å². The van der Waals surface area contributed by atoms with E-state index in [1.54, 1.807) is 12.1 Å². The second-order valence-corrected chi connectivity index (χ2v) is 3.15. The maximum Gasteiger partial charge on any atom is 0.123 e.